The second-order valence-electron chi connectivity index (χ2n) is 2.65. The molecule has 0 radical (unpaired) electrons. The molecule has 1 rings (SSSR count). The number of rotatable bonds is 1. The third-order valence-corrected chi connectivity index (χ3v) is 3.47. The summed E-state index contributed by atoms with van der Waals surface area (Å²) in [5.74, 6) is -6.93. The first kappa shape index (κ1) is 12.4. The number of hydrogen-bond donors (Lipinski definition) is 0. The second kappa shape index (κ2) is 3.44. The molecule has 0 saturated heterocycles. The van der Waals surface area contributed by atoms with Gasteiger partial charge in [-0.05, 0) is 0 Å². The molecule has 0 bridgehead atoms. The first-order valence-corrected chi connectivity index (χ1v) is 5.63. The van der Waals surface area contributed by atoms with Crippen LogP contribution in [-0.4, -0.2) is 19.6 Å². The van der Waals surface area contributed by atoms with E-state index in [2.05, 4.69) is 10.7 Å². The van der Waals surface area contributed by atoms with Gasteiger partial charge in [0, 0.05) is 16.8 Å². The maximum atomic E-state index is 13.3. The predicted octanol–water partition coefficient (Wildman–Crippen LogP) is 2.58. The minimum atomic E-state index is -5.29. The lowest BCUT2D eigenvalue weighted by Crippen LogP contribution is -2.41. The highest BCUT2D eigenvalue weighted by atomic mass is 35.7. The topological polar surface area (TPSA) is 34.1 Å². The molecule has 2 nitrogen and oxygen atoms in total. The molecule has 0 saturated carbocycles. The van der Waals surface area contributed by atoms with E-state index in [0.29, 0.717) is 0 Å². The third kappa shape index (κ3) is 1.76. The van der Waals surface area contributed by atoms with Crippen molar-refractivity contribution in [2.75, 3.05) is 0 Å². The van der Waals surface area contributed by atoms with Gasteiger partial charge in [-0.1, -0.05) is 0 Å². The van der Waals surface area contributed by atoms with Gasteiger partial charge in [0.25, 0.3) is 14.1 Å². The summed E-state index contributed by atoms with van der Waals surface area (Å²) in [7, 11) is -0.830. The fourth-order valence-corrected chi connectivity index (χ4v) is 1.86. The van der Waals surface area contributed by atoms with Crippen molar-refractivity contribution >= 4 is 19.7 Å². The largest absolute Gasteiger partial charge is 0.283 e. The van der Waals surface area contributed by atoms with Crippen LogP contribution < -0.4 is 0 Å². The van der Waals surface area contributed by atoms with Gasteiger partial charge < -0.3 is 0 Å². The minimum Gasteiger partial charge on any atom is -0.234 e. The average Bonchev–Trinajstić information content (AvgIpc) is 2.10. The smallest absolute Gasteiger partial charge is 0.234 e. The Bertz CT molecular complexity index is 456. The molecular weight excluding hydrogens is 267 g/mol. The highest BCUT2D eigenvalue weighted by molar-refractivity contribution is 8.14. The summed E-state index contributed by atoms with van der Waals surface area (Å²) >= 11 is 0. The highest BCUT2D eigenvalue weighted by Crippen LogP contribution is 2.43. The van der Waals surface area contributed by atoms with Gasteiger partial charge in [0.15, 0.2) is 17.5 Å². The first-order chi connectivity index (χ1) is 6.61. The molecule has 2 atom stereocenters. The molecule has 0 aromatic heterocycles. The molecule has 1 aliphatic carbocycles. The summed E-state index contributed by atoms with van der Waals surface area (Å²) in [5.41, 5.74) is 0. The molecule has 0 unspecified atom stereocenters. The van der Waals surface area contributed by atoms with Crippen LogP contribution in [0.25, 0.3) is 0 Å². The summed E-state index contributed by atoms with van der Waals surface area (Å²) in [6.45, 7) is 0. The van der Waals surface area contributed by atoms with Gasteiger partial charge >= 0.3 is 0 Å². The molecule has 0 amide bonds. The summed E-state index contributed by atoms with van der Waals surface area (Å²) in [6, 6.07) is 0. The molecule has 0 fully saturated rings. The molecule has 0 heterocycles. The molecular formula is C6H2ClF5O2S. The standard InChI is InChI=1S/C6H2ClF5O2S/c7-15(13,14)6(12)1-2(8)3(9)4(10)5(6)11/h1,5H/t5-,6-/m0/s1. The van der Waals surface area contributed by atoms with E-state index in [-0.39, 0.29) is 0 Å². The van der Waals surface area contributed by atoms with Crippen molar-refractivity contribution in [1.29, 1.82) is 0 Å². The Morgan fingerprint density at radius 1 is 1.33 bits per heavy atom. The SMILES string of the molecule is O=S(=O)(Cl)[C@@]1(F)C=C(F)C(F)=C(F)[C@@H]1F. The van der Waals surface area contributed by atoms with Crippen LogP contribution in [0.1, 0.15) is 0 Å². The van der Waals surface area contributed by atoms with Crippen LogP contribution in [0.15, 0.2) is 23.6 Å². The number of alkyl halides is 2. The lowest BCUT2D eigenvalue weighted by molar-refractivity contribution is 0.159. The lowest BCUT2D eigenvalue weighted by atomic mass is 10.1. The van der Waals surface area contributed by atoms with Crippen LogP contribution in [0, 0.1) is 0 Å². The van der Waals surface area contributed by atoms with E-state index in [1.54, 1.807) is 0 Å². The number of allylic oxidation sites excluding steroid dienone is 3. The van der Waals surface area contributed by atoms with Gasteiger partial charge in [-0.15, -0.1) is 0 Å². The van der Waals surface area contributed by atoms with E-state index in [1.807, 2.05) is 0 Å². The minimum absolute atomic E-state index is 0.557. The Kier molecular flexibility index (Phi) is 2.86. The highest BCUT2D eigenvalue weighted by Gasteiger charge is 2.56. The molecule has 0 aliphatic heterocycles. The monoisotopic (exact) mass is 268 g/mol. The zero-order valence-electron chi connectivity index (χ0n) is 6.65. The molecule has 9 heteroatoms. The van der Waals surface area contributed by atoms with Gasteiger partial charge in [0.05, 0.1) is 0 Å². The van der Waals surface area contributed by atoms with Crippen LogP contribution in [-0.2, 0) is 9.05 Å². The fraction of sp³-hybridized carbons (Fsp3) is 0.333. The Hall–Kier alpha value is -0.630. The van der Waals surface area contributed by atoms with Gasteiger partial charge in [-0.2, -0.15) is 0 Å². The van der Waals surface area contributed by atoms with Crippen molar-refractivity contribution in [3.8, 4) is 0 Å². The molecule has 86 valence electrons. The van der Waals surface area contributed by atoms with Crippen molar-refractivity contribution in [2.45, 2.75) is 11.2 Å². The van der Waals surface area contributed by atoms with Crippen LogP contribution in [0.3, 0.4) is 0 Å². The molecule has 0 spiro atoms. The van der Waals surface area contributed by atoms with Gasteiger partial charge in [-0.25, -0.2) is 30.4 Å². The second-order valence-corrected chi connectivity index (χ2v) is 5.37. The van der Waals surface area contributed by atoms with Crippen LogP contribution in [0.4, 0.5) is 22.0 Å². The molecule has 0 aromatic carbocycles. The van der Waals surface area contributed by atoms with E-state index in [1.165, 1.54) is 0 Å². The molecule has 15 heavy (non-hydrogen) atoms. The fourth-order valence-electron chi connectivity index (χ4n) is 0.901. The maximum Gasteiger partial charge on any atom is 0.283 e. The number of halogens is 6. The van der Waals surface area contributed by atoms with E-state index >= 15 is 0 Å². The van der Waals surface area contributed by atoms with Crippen molar-refractivity contribution < 1.29 is 30.4 Å². The van der Waals surface area contributed by atoms with Crippen LogP contribution in [0.2, 0.25) is 0 Å². The summed E-state index contributed by atoms with van der Waals surface area (Å²) < 4.78 is 84.6. The number of hydrogen-bond acceptors (Lipinski definition) is 2. The quantitative estimate of drug-likeness (QED) is 0.541. The zero-order valence-corrected chi connectivity index (χ0v) is 8.22. The van der Waals surface area contributed by atoms with Crippen LogP contribution >= 0.6 is 10.7 Å². The van der Waals surface area contributed by atoms with Gasteiger partial charge in [0.1, 0.15) is 0 Å². The Labute approximate surface area is 85.4 Å². The Balaban J connectivity index is 3.43. The lowest BCUT2D eigenvalue weighted by Gasteiger charge is -2.24. The molecule has 1 aliphatic rings. The first-order valence-electron chi connectivity index (χ1n) is 3.32. The van der Waals surface area contributed by atoms with E-state index in [9.17, 15) is 30.4 Å². The van der Waals surface area contributed by atoms with Crippen LogP contribution in [0.5, 0.6) is 0 Å². The van der Waals surface area contributed by atoms with Gasteiger partial charge in [0.2, 0.25) is 6.17 Å². The third-order valence-electron chi connectivity index (χ3n) is 1.68. The maximum absolute atomic E-state index is 13.3. The molecule has 0 aromatic rings. The van der Waals surface area contributed by atoms with E-state index in [0.717, 1.165) is 0 Å². The predicted molar refractivity (Wildman–Crippen MR) is 41.9 cm³/mol. The summed E-state index contributed by atoms with van der Waals surface area (Å²) in [4.78, 5) is 0. The van der Waals surface area contributed by atoms with Crippen molar-refractivity contribution in [3.63, 3.8) is 0 Å². The van der Waals surface area contributed by atoms with E-state index in [4.69, 9.17) is 0 Å². The van der Waals surface area contributed by atoms with E-state index < -0.39 is 43.8 Å². The normalized spacial score (nSPS) is 32.9. The van der Waals surface area contributed by atoms with Crippen molar-refractivity contribution in [3.05, 3.63) is 23.6 Å². The average molecular weight is 269 g/mol. The Morgan fingerprint density at radius 3 is 2.20 bits per heavy atom. The zero-order chi connectivity index (χ0) is 12.0. The Morgan fingerprint density at radius 2 is 1.80 bits per heavy atom. The van der Waals surface area contributed by atoms with Crippen molar-refractivity contribution in [1.82, 2.24) is 0 Å². The van der Waals surface area contributed by atoms with Gasteiger partial charge in [-0.3, -0.25) is 0 Å². The van der Waals surface area contributed by atoms with Crippen molar-refractivity contribution in [2.24, 2.45) is 0 Å². The molecule has 0 N–H and O–H groups in total. The summed E-state index contributed by atoms with van der Waals surface area (Å²) in [5, 5.41) is -4.14. The summed E-state index contributed by atoms with van der Waals surface area (Å²) in [6.07, 6.45) is -4.09.